The summed E-state index contributed by atoms with van der Waals surface area (Å²) in [6.45, 7) is 14.7. The molecule has 7 nitrogen and oxygen atoms in total. The van der Waals surface area contributed by atoms with Crippen molar-refractivity contribution in [1.82, 2.24) is 9.80 Å². The van der Waals surface area contributed by atoms with Crippen LogP contribution in [0.2, 0.25) is 0 Å². The van der Waals surface area contributed by atoms with Gasteiger partial charge in [-0.1, -0.05) is 28.1 Å². The lowest BCUT2D eigenvalue weighted by molar-refractivity contribution is -0.154. The molecule has 3 heterocycles. The maximum Gasteiger partial charge on any atom is 0.310 e. The van der Waals surface area contributed by atoms with Crippen molar-refractivity contribution in [3.63, 3.8) is 0 Å². The fraction of sp³-hybridized carbons (Fsp3) is 0.741. The van der Waals surface area contributed by atoms with Crippen LogP contribution in [0.4, 0.5) is 0 Å². The van der Waals surface area contributed by atoms with E-state index in [-0.39, 0.29) is 34.5 Å². The van der Waals surface area contributed by atoms with Crippen LogP contribution in [0, 0.1) is 11.8 Å². The molecule has 0 saturated carbocycles. The van der Waals surface area contributed by atoms with E-state index >= 15 is 0 Å². The van der Waals surface area contributed by atoms with Crippen molar-refractivity contribution in [2.75, 3.05) is 26.3 Å². The molecule has 0 radical (unpaired) electrons. The summed E-state index contributed by atoms with van der Waals surface area (Å²) < 4.78 is 4.96. The molecule has 0 aromatic carbocycles. The number of aliphatic hydroxyl groups excluding tert-OH is 1. The molecule has 0 aliphatic carbocycles. The third kappa shape index (κ3) is 5.44. The number of rotatable bonds is 13. The molecule has 3 aliphatic heterocycles. The largest absolute Gasteiger partial charge is 0.465 e. The van der Waals surface area contributed by atoms with Crippen LogP contribution in [0.25, 0.3) is 0 Å². The van der Waals surface area contributed by atoms with Crippen LogP contribution in [0.5, 0.6) is 0 Å². The standard InChI is InChI=1S/C27H41BrN2O5S/c1-6-8-12-16-35-25(34)19-20-23(32)29(14-10-9-11-15-31)22(27(20)17-18(28)21(19)36-27)24(33)30(13-7-2)26(3,4)5/h6-7,18-22,31H,1-2,8-17H2,3-5H3/t18?,19-,20-,21-,22?,27?/m0/s1. The minimum absolute atomic E-state index is 0.0180. The number of hydrogen-bond acceptors (Lipinski definition) is 6. The first-order chi connectivity index (χ1) is 17.0. The third-order valence-electron chi connectivity index (χ3n) is 7.54. The second-order valence-corrected chi connectivity index (χ2v) is 13.7. The van der Waals surface area contributed by atoms with Gasteiger partial charge in [0.25, 0.3) is 0 Å². The average Bonchev–Trinajstić information content (AvgIpc) is 3.40. The molecular weight excluding hydrogens is 544 g/mol. The van der Waals surface area contributed by atoms with Crippen molar-refractivity contribution < 1.29 is 24.2 Å². The van der Waals surface area contributed by atoms with E-state index in [2.05, 4.69) is 29.1 Å². The number of aliphatic hydroxyl groups is 1. The number of carbonyl (C=O) groups excluding carboxylic acids is 3. The van der Waals surface area contributed by atoms with Crippen molar-refractivity contribution in [1.29, 1.82) is 0 Å². The molecule has 202 valence electrons. The summed E-state index contributed by atoms with van der Waals surface area (Å²) in [6, 6.07) is -0.656. The molecule has 2 amide bonds. The van der Waals surface area contributed by atoms with Gasteiger partial charge in [-0.2, -0.15) is 0 Å². The molecule has 0 aromatic rings. The first-order valence-electron chi connectivity index (χ1n) is 13.0. The number of nitrogens with zero attached hydrogens (tertiary/aromatic N) is 2. The summed E-state index contributed by atoms with van der Waals surface area (Å²) in [4.78, 5) is 45.2. The molecule has 6 atom stereocenters. The van der Waals surface area contributed by atoms with Crippen LogP contribution in [0.15, 0.2) is 25.3 Å². The van der Waals surface area contributed by atoms with E-state index in [1.54, 1.807) is 33.7 Å². The predicted molar refractivity (Wildman–Crippen MR) is 147 cm³/mol. The zero-order valence-corrected chi connectivity index (χ0v) is 24.2. The number of carbonyl (C=O) groups is 3. The van der Waals surface area contributed by atoms with E-state index in [4.69, 9.17) is 4.74 Å². The Balaban J connectivity index is 1.97. The van der Waals surface area contributed by atoms with Gasteiger partial charge >= 0.3 is 5.97 Å². The Hall–Kier alpha value is -1.32. The number of likely N-dealkylation sites (tertiary alicyclic amines) is 1. The quantitative estimate of drug-likeness (QED) is 0.153. The highest BCUT2D eigenvalue weighted by Gasteiger charge is 2.76. The van der Waals surface area contributed by atoms with Gasteiger partial charge in [0.05, 0.1) is 23.2 Å². The summed E-state index contributed by atoms with van der Waals surface area (Å²) in [7, 11) is 0. The van der Waals surface area contributed by atoms with E-state index < -0.39 is 28.2 Å². The Morgan fingerprint density at radius 2 is 1.97 bits per heavy atom. The minimum atomic E-state index is -0.681. The summed E-state index contributed by atoms with van der Waals surface area (Å²) >= 11 is 5.42. The molecule has 3 rings (SSSR count). The Morgan fingerprint density at radius 3 is 2.58 bits per heavy atom. The van der Waals surface area contributed by atoms with Gasteiger partial charge in [0.15, 0.2) is 0 Å². The van der Waals surface area contributed by atoms with E-state index in [0.29, 0.717) is 45.4 Å². The molecule has 1 N–H and O–H groups in total. The number of hydrogen-bond donors (Lipinski definition) is 1. The van der Waals surface area contributed by atoms with E-state index in [1.165, 1.54) is 0 Å². The van der Waals surface area contributed by atoms with Gasteiger partial charge in [0, 0.05) is 35.3 Å². The van der Waals surface area contributed by atoms with Crippen molar-refractivity contribution >= 4 is 45.5 Å². The lowest BCUT2D eigenvalue weighted by atomic mass is 9.71. The van der Waals surface area contributed by atoms with Gasteiger partial charge in [0.1, 0.15) is 6.04 Å². The first-order valence-corrected chi connectivity index (χ1v) is 14.8. The van der Waals surface area contributed by atoms with Crippen LogP contribution >= 0.6 is 27.7 Å². The molecule has 3 fully saturated rings. The third-order valence-corrected chi connectivity index (χ3v) is 10.8. The van der Waals surface area contributed by atoms with Crippen molar-refractivity contribution in [2.24, 2.45) is 11.8 Å². The summed E-state index contributed by atoms with van der Waals surface area (Å²) in [5.41, 5.74) is -0.454. The van der Waals surface area contributed by atoms with Crippen LogP contribution in [0.1, 0.15) is 59.3 Å². The smallest absolute Gasteiger partial charge is 0.310 e. The predicted octanol–water partition coefficient (Wildman–Crippen LogP) is 3.94. The Kier molecular flexibility index (Phi) is 9.77. The molecule has 2 bridgehead atoms. The second-order valence-electron chi connectivity index (χ2n) is 11.0. The molecule has 3 unspecified atom stereocenters. The zero-order chi connectivity index (χ0) is 26.7. The number of esters is 1. The molecular formula is C27H41BrN2O5S. The maximum absolute atomic E-state index is 14.3. The van der Waals surface area contributed by atoms with Gasteiger partial charge in [-0.3, -0.25) is 14.4 Å². The van der Waals surface area contributed by atoms with Gasteiger partial charge in [0.2, 0.25) is 11.8 Å². The second kappa shape index (κ2) is 12.0. The number of halogens is 1. The van der Waals surface area contributed by atoms with Crippen molar-refractivity contribution in [3.8, 4) is 0 Å². The minimum Gasteiger partial charge on any atom is -0.465 e. The van der Waals surface area contributed by atoms with Crippen molar-refractivity contribution in [3.05, 3.63) is 25.3 Å². The summed E-state index contributed by atoms with van der Waals surface area (Å²) in [5.74, 6) is -1.70. The van der Waals surface area contributed by atoms with Gasteiger partial charge in [-0.05, 0) is 59.3 Å². The summed E-state index contributed by atoms with van der Waals surface area (Å²) in [6.07, 6.45) is 7.72. The Labute approximate surface area is 228 Å². The maximum atomic E-state index is 14.3. The normalized spacial score (nSPS) is 30.9. The molecule has 1 spiro atoms. The van der Waals surface area contributed by atoms with Crippen LogP contribution in [0.3, 0.4) is 0 Å². The van der Waals surface area contributed by atoms with E-state index in [0.717, 1.165) is 12.8 Å². The SMILES string of the molecule is C=CCCCOC(=O)[C@H]1[C@H]2C(=O)N(CCCCCO)C(C(=O)N(CC=C)C(C)(C)C)C23CC(Br)[C@@H]1S3. The number of fused-ring (bicyclic) bond motifs is 1. The Morgan fingerprint density at radius 1 is 1.25 bits per heavy atom. The number of unbranched alkanes of at least 4 members (excludes halogenated alkanes) is 3. The number of amides is 2. The van der Waals surface area contributed by atoms with Gasteiger partial charge in [-0.15, -0.1) is 24.9 Å². The van der Waals surface area contributed by atoms with Crippen LogP contribution in [-0.2, 0) is 19.1 Å². The fourth-order valence-electron chi connectivity index (χ4n) is 5.96. The van der Waals surface area contributed by atoms with E-state index in [9.17, 15) is 19.5 Å². The molecule has 3 aliphatic rings. The molecule has 0 aromatic heterocycles. The zero-order valence-electron chi connectivity index (χ0n) is 21.8. The summed E-state index contributed by atoms with van der Waals surface area (Å²) in [5, 5.41) is 9.09. The molecule has 3 saturated heterocycles. The highest BCUT2D eigenvalue weighted by Crippen LogP contribution is 2.68. The molecule has 36 heavy (non-hydrogen) atoms. The first kappa shape index (κ1) is 29.2. The number of thioether (sulfide) groups is 1. The topological polar surface area (TPSA) is 87.1 Å². The number of alkyl halides is 1. The van der Waals surface area contributed by atoms with Crippen LogP contribution < -0.4 is 0 Å². The number of ether oxygens (including phenoxy) is 1. The van der Waals surface area contributed by atoms with E-state index in [1.807, 2.05) is 20.8 Å². The Bertz CT molecular complexity index is 862. The highest BCUT2D eigenvalue weighted by atomic mass is 79.9. The average molecular weight is 586 g/mol. The van der Waals surface area contributed by atoms with Crippen molar-refractivity contribution in [2.45, 2.75) is 85.7 Å². The highest BCUT2D eigenvalue weighted by molar-refractivity contribution is 9.09. The lowest BCUT2D eigenvalue weighted by Crippen LogP contribution is -2.59. The van der Waals surface area contributed by atoms with Crippen LogP contribution in [-0.4, -0.2) is 85.4 Å². The van der Waals surface area contributed by atoms with Gasteiger partial charge < -0.3 is 19.6 Å². The monoisotopic (exact) mass is 584 g/mol. The molecule has 9 heteroatoms. The lowest BCUT2D eigenvalue weighted by Gasteiger charge is -2.42. The number of allylic oxidation sites excluding steroid dienone is 1. The van der Waals surface area contributed by atoms with Gasteiger partial charge in [-0.25, -0.2) is 0 Å². The fourth-order valence-corrected chi connectivity index (χ4v) is 9.55.